The lowest BCUT2D eigenvalue weighted by Gasteiger charge is -2.30. The summed E-state index contributed by atoms with van der Waals surface area (Å²) in [6.07, 6.45) is 4.28. The molecule has 1 fully saturated rings. The van der Waals surface area contributed by atoms with Crippen LogP contribution in [0.5, 0.6) is 5.75 Å². The summed E-state index contributed by atoms with van der Waals surface area (Å²) in [5, 5.41) is 3.65. The number of halogens is 1. The minimum absolute atomic E-state index is 0.0648. The number of ether oxygens (including phenoxy) is 1. The molecule has 25 heavy (non-hydrogen) atoms. The molecule has 3 rings (SSSR count). The predicted molar refractivity (Wildman–Crippen MR) is 101 cm³/mol. The number of hydrogen-bond acceptors (Lipinski definition) is 2. The zero-order valence-electron chi connectivity index (χ0n) is 14.4. The third-order valence-electron chi connectivity index (χ3n) is 4.61. The number of benzene rings is 2. The Morgan fingerprint density at radius 1 is 1.08 bits per heavy atom. The molecule has 5 heteroatoms. The lowest BCUT2D eigenvalue weighted by atomic mass is 10.0. The van der Waals surface area contributed by atoms with E-state index in [0.717, 1.165) is 49.2 Å². The molecule has 0 unspecified atom stereocenters. The van der Waals surface area contributed by atoms with Gasteiger partial charge in [0.15, 0.2) is 0 Å². The average Bonchev–Trinajstić information content (AvgIpc) is 2.90. The number of carbonyl (C=O) groups is 1. The quantitative estimate of drug-likeness (QED) is 0.787. The van der Waals surface area contributed by atoms with Crippen LogP contribution >= 0.6 is 11.6 Å². The van der Waals surface area contributed by atoms with Gasteiger partial charge in [-0.15, -0.1) is 0 Å². The molecule has 0 spiro atoms. The van der Waals surface area contributed by atoms with Crippen molar-refractivity contribution in [1.82, 2.24) is 4.90 Å². The summed E-state index contributed by atoms with van der Waals surface area (Å²) < 4.78 is 5.24. The molecule has 2 amide bonds. The number of nitrogens with one attached hydrogen (secondary N) is 1. The minimum atomic E-state index is -0.0648. The fourth-order valence-electron chi connectivity index (χ4n) is 3.25. The molecule has 0 saturated carbocycles. The number of rotatable bonds is 3. The highest BCUT2D eigenvalue weighted by molar-refractivity contribution is 6.30. The SMILES string of the molecule is COc1ccc([C@H]2CCCCCN2C(=O)Nc2ccc(Cl)cc2)cc1. The second-order valence-electron chi connectivity index (χ2n) is 6.27. The molecule has 2 aromatic rings. The third kappa shape index (κ3) is 4.45. The molecule has 2 aromatic carbocycles. The molecule has 0 radical (unpaired) electrons. The van der Waals surface area contributed by atoms with Crippen molar-refractivity contribution in [3.8, 4) is 5.75 Å². The lowest BCUT2D eigenvalue weighted by molar-refractivity contribution is 0.189. The van der Waals surface area contributed by atoms with Crippen molar-refractivity contribution in [2.45, 2.75) is 31.7 Å². The van der Waals surface area contributed by atoms with Crippen molar-refractivity contribution >= 4 is 23.3 Å². The van der Waals surface area contributed by atoms with Crippen LogP contribution < -0.4 is 10.1 Å². The number of nitrogens with zero attached hydrogens (tertiary/aromatic N) is 1. The van der Waals surface area contributed by atoms with Crippen LogP contribution in [0.15, 0.2) is 48.5 Å². The number of anilines is 1. The molecule has 0 bridgehead atoms. The Morgan fingerprint density at radius 2 is 1.80 bits per heavy atom. The number of likely N-dealkylation sites (tertiary alicyclic amines) is 1. The summed E-state index contributed by atoms with van der Waals surface area (Å²) in [6.45, 7) is 0.760. The van der Waals surface area contributed by atoms with E-state index in [1.165, 1.54) is 0 Å². The van der Waals surface area contributed by atoms with Crippen molar-refractivity contribution < 1.29 is 9.53 Å². The van der Waals surface area contributed by atoms with E-state index in [1.807, 2.05) is 29.2 Å². The van der Waals surface area contributed by atoms with Crippen LogP contribution in [0, 0.1) is 0 Å². The highest BCUT2D eigenvalue weighted by Gasteiger charge is 2.26. The van der Waals surface area contributed by atoms with Crippen molar-refractivity contribution in [2.75, 3.05) is 19.0 Å². The van der Waals surface area contributed by atoms with Crippen LogP contribution in [0.25, 0.3) is 0 Å². The Labute approximate surface area is 153 Å². The maximum Gasteiger partial charge on any atom is 0.322 e. The zero-order chi connectivity index (χ0) is 17.6. The van der Waals surface area contributed by atoms with Crippen LogP contribution in [0.3, 0.4) is 0 Å². The average molecular weight is 359 g/mol. The summed E-state index contributed by atoms with van der Waals surface area (Å²) in [7, 11) is 1.66. The summed E-state index contributed by atoms with van der Waals surface area (Å²) >= 11 is 5.91. The first-order valence-corrected chi connectivity index (χ1v) is 9.02. The Bertz CT molecular complexity index is 701. The predicted octanol–water partition coefficient (Wildman–Crippen LogP) is 5.50. The van der Waals surface area contributed by atoms with E-state index in [4.69, 9.17) is 16.3 Å². The maximum atomic E-state index is 12.9. The van der Waals surface area contributed by atoms with Crippen LogP contribution in [-0.2, 0) is 0 Å². The van der Waals surface area contributed by atoms with E-state index >= 15 is 0 Å². The van der Waals surface area contributed by atoms with Gasteiger partial charge in [0.2, 0.25) is 0 Å². The van der Waals surface area contributed by atoms with Crippen molar-refractivity contribution in [1.29, 1.82) is 0 Å². The molecular formula is C20H23ClN2O2. The normalized spacial score (nSPS) is 17.7. The van der Waals surface area contributed by atoms with Gasteiger partial charge in [-0.25, -0.2) is 4.79 Å². The first-order chi connectivity index (χ1) is 12.2. The van der Waals surface area contributed by atoms with Gasteiger partial charge in [0, 0.05) is 17.3 Å². The molecule has 1 heterocycles. The van der Waals surface area contributed by atoms with Gasteiger partial charge in [-0.1, -0.05) is 36.6 Å². The van der Waals surface area contributed by atoms with E-state index in [1.54, 1.807) is 19.2 Å². The van der Waals surface area contributed by atoms with Gasteiger partial charge in [0.1, 0.15) is 5.75 Å². The van der Waals surface area contributed by atoms with Gasteiger partial charge in [-0.3, -0.25) is 0 Å². The van der Waals surface area contributed by atoms with Gasteiger partial charge >= 0.3 is 6.03 Å². The Hall–Kier alpha value is -2.20. The number of urea groups is 1. The van der Waals surface area contributed by atoms with Gasteiger partial charge < -0.3 is 15.0 Å². The van der Waals surface area contributed by atoms with Gasteiger partial charge in [0.25, 0.3) is 0 Å². The van der Waals surface area contributed by atoms with Gasteiger partial charge in [-0.2, -0.15) is 0 Å². The highest BCUT2D eigenvalue weighted by atomic mass is 35.5. The lowest BCUT2D eigenvalue weighted by Crippen LogP contribution is -2.38. The van der Waals surface area contributed by atoms with Crippen LogP contribution in [-0.4, -0.2) is 24.6 Å². The van der Waals surface area contributed by atoms with Crippen molar-refractivity contribution in [3.63, 3.8) is 0 Å². The van der Waals surface area contributed by atoms with Gasteiger partial charge in [0.05, 0.1) is 13.2 Å². The maximum absolute atomic E-state index is 12.9. The summed E-state index contributed by atoms with van der Waals surface area (Å²) in [5.74, 6) is 0.828. The molecule has 0 aliphatic carbocycles. The fourth-order valence-corrected chi connectivity index (χ4v) is 3.38. The van der Waals surface area contributed by atoms with Crippen LogP contribution in [0.1, 0.15) is 37.3 Å². The van der Waals surface area contributed by atoms with Crippen LogP contribution in [0.4, 0.5) is 10.5 Å². The smallest absolute Gasteiger partial charge is 0.322 e. The molecule has 1 aliphatic rings. The fraction of sp³-hybridized carbons (Fsp3) is 0.350. The highest BCUT2D eigenvalue weighted by Crippen LogP contribution is 2.31. The number of hydrogen-bond donors (Lipinski definition) is 1. The molecule has 1 saturated heterocycles. The first-order valence-electron chi connectivity index (χ1n) is 8.64. The van der Waals surface area contributed by atoms with E-state index in [0.29, 0.717) is 5.02 Å². The van der Waals surface area contributed by atoms with Crippen molar-refractivity contribution in [3.05, 3.63) is 59.1 Å². The molecule has 1 N–H and O–H groups in total. The van der Waals surface area contributed by atoms with E-state index in [-0.39, 0.29) is 12.1 Å². The Morgan fingerprint density at radius 3 is 2.48 bits per heavy atom. The molecule has 1 aliphatic heterocycles. The van der Waals surface area contributed by atoms with Gasteiger partial charge in [-0.05, 0) is 54.8 Å². The molecule has 4 nitrogen and oxygen atoms in total. The van der Waals surface area contributed by atoms with E-state index in [2.05, 4.69) is 17.4 Å². The number of amides is 2. The third-order valence-corrected chi connectivity index (χ3v) is 4.86. The second-order valence-corrected chi connectivity index (χ2v) is 6.71. The topological polar surface area (TPSA) is 41.6 Å². The zero-order valence-corrected chi connectivity index (χ0v) is 15.1. The summed E-state index contributed by atoms with van der Waals surface area (Å²) in [6, 6.07) is 15.2. The first kappa shape index (κ1) is 17.6. The Kier molecular flexibility index (Phi) is 5.82. The molecular weight excluding hydrogens is 336 g/mol. The minimum Gasteiger partial charge on any atom is -0.497 e. The van der Waals surface area contributed by atoms with E-state index < -0.39 is 0 Å². The number of methoxy groups -OCH3 is 1. The van der Waals surface area contributed by atoms with Crippen LogP contribution in [0.2, 0.25) is 5.02 Å². The standard InChI is InChI=1S/C20H23ClN2O2/c1-25-18-12-6-15(7-13-18)19-5-3-2-4-14-23(19)20(24)22-17-10-8-16(21)9-11-17/h6-13,19H,2-5,14H2,1H3,(H,22,24)/t19-/m1/s1. The molecule has 1 atom stereocenters. The largest absolute Gasteiger partial charge is 0.497 e. The molecule has 0 aromatic heterocycles. The molecule has 132 valence electrons. The second kappa shape index (κ2) is 8.26. The van der Waals surface area contributed by atoms with E-state index in [9.17, 15) is 4.79 Å². The summed E-state index contributed by atoms with van der Waals surface area (Å²) in [5.41, 5.74) is 1.90. The van der Waals surface area contributed by atoms with Crippen molar-refractivity contribution in [2.24, 2.45) is 0 Å². The Balaban J connectivity index is 1.79. The summed E-state index contributed by atoms with van der Waals surface area (Å²) in [4.78, 5) is 14.8. The number of carbonyl (C=O) groups excluding carboxylic acids is 1. The monoisotopic (exact) mass is 358 g/mol.